The maximum Gasteiger partial charge on any atom is 0.270 e. The first-order valence-electron chi connectivity index (χ1n) is 9.95. The van der Waals surface area contributed by atoms with Crippen LogP contribution in [0.4, 0.5) is 0 Å². The molecule has 0 radical (unpaired) electrons. The molecule has 0 saturated heterocycles. The summed E-state index contributed by atoms with van der Waals surface area (Å²) in [6.07, 6.45) is 6.62. The van der Waals surface area contributed by atoms with E-state index in [4.69, 9.17) is 9.47 Å². The second kappa shape index (κ2) is 6.04. The highest BCUT2D eigenvalue weighted by molar-refractivity contribution is 5.93. The maximum atomic E-state index is 13.4. The van der Waals surface area contributed by atoms with Crippen LogP contribution in [0.1, 0.15) is 60.3 Å². The van der Waals surface area contributed by atoms with Crippen LogP contribution < -0.4 is 9.47 Å². The summed E-state index contributed by atoms with van der Waals surface area (Å²) in [5.41, 5.74) is 3.37. The fraction of sp³-hybridized carbons (Fsp3) is 0.500. The lowest BCUT2D eigenvalue weighted by molar-refractivity contribution is 0.0583. The van der Waals surface area contributed by atoms with Gasteiger partial charge in [-0.3, -0.25) is 4.79 Å². The van der Waals surface area contributed by atoms with Crippen LogP contribution in [0, 0.1) is 0 Å². The highest BCUT2D eigenvalue weighted by Gasteiger charge is 2.46. The minimum absolute atomic E-state index is 0.0180. The first-order chi connectivity index (χ1) is 13.1. The minimum atomic E-state index is 0.0180. The molecule has 5 heteroatoms. The first-order valence-corrected chi connectivity index (χ1v) is 9.95. The third-order valence-corrected chi connectivity index (χ3v) is 6.66. The Bertz CT molecular complexity index is 895. The van der Waals surface area contributed by atoms with Gasteiger partial charge in [0.15, 0.2) is 11.5 Å². The number of aromatic nitrogens is 1. The van der Waals surface area contributed by atoms with Gasteiger partial charge < -0.3 is 18.9 Å². The van der Waals surface area contributed by atoms with Crippen molar-refractivity contribution in [2.24, 2.45) is 7.05 Å². The quantitative estimate of drug-likeness (QED) is 0.771. The average molecular weight is 366 g/mol. The van der Waals surface area contributed by atoms with Crippen LogP contribution >= 0.6 is 0 Å². The monoisotopic (exact) mass is 366 g/mol. The van der Waals surface area contributed by atoms with Gasteiger partial charge in [-0.2, -0.15) is 0 Å². The zero-order valence-electron chi connectivity index (χ0n) is 16.0. The van der Waals surface area contributed by atoms with Crippen LogP contribution in [-0.2, 0) is 12.5 Å². The molecule has 5 rings (SSSR count). The molecular formula is C22H26N2O3. The molecule has 1 spiro atoms. The van der Waals surface area contributed by atoms with Gasteiger partial charge >= 0.3 is 0 Å². The normalized spacial score (nSPS) is 22.7. The first kappa shape index (κ1) is 16.7. The molecular weight excluding hydrogens is 340 g/mol. The lowest BCUT2D eigenvalue weighted by atomic mass is 9.71. The molecule has 0 bridgehead atoms. The molecule has 2 aromatic rings. The number of nitrogens with zero attached hydrogens (tertiary/aromatic N) is 2. The number of carbonyl (C=O) groups excluding carboxylic acids is 1. The van der Waals surface area contributed by atoms with Crippen LogP contribution in [0.2, 0.25) is 0 Å². The van der Waals surface area contributed by atoms with Gasteiger partial charge in [0.25, 0.3) is 5.91 Å². The Morgan fingerprint density at radius 3 is 2.52 bits per heavy atom. The maximum absolute atomic E-state index is 13.4. The number of hydrogen-bond donors (Lipinski definition) is 0. The standard InChI is InChI=1S/C22H26N2O3/c1-15-16-12-19-20(27-11-10-26-19)13-17(16)22(7-3-4-8-22)14-24(15)21(25)18-6-5-9-23(18)2/h5-6,9,12-13,15H,3-4,7-8,10-11,14H2,1-2H3. The Labute approximate surface area is 159 Å². The van der Waals surface area contributed by atoms with Crippen molar-refractivity contribution in [3.05, 3.63) is 47.3 Å². The van der Waals surface area contributed by atoms with Crippen molar-refractivity contribution < 1.29 is 14.3 Å². The van der Waals surface area contributed by atoms with Crippen molar-refractivity contribution in [1.82, 2.24) is 9.47 Å². The highest BCUT2D eigenvalue weighted by atomic mass is 16.6. The summed E-state index contributed by atoms with van der Waals surface area (Å²) in [7, 11) is 1.93. The summed E-state index contributed by atoms with van der Waals surface area (Å²) in [6.45, 7) is 4.10. The zero-order chi connectivity index (χ0) is 18.6. The summed E-state index contributed by atoms with van der Waals surface area (Å²) >= 11 is 0. The zero-order valence-corrected chi connectivity index (χ0v) is 16.0. The molecule has 5 nitrogen and oxygen atoms in total. The van der Waals surface area contributed by atoms with E-state index in [-0.39, 0.29) is 17.4 Å². The van der Waals surface area contributed by atoms with Crippen molar-refractivity contribution in [3.63, 3.8) is 0 Å². The van der Waals surface area contributed by atoms with Gasteiger partial charge in [-0.05, 0) is 55.2 Å². The Kier molecular flexibility index (Phi) is 3.74. The van der Waals surface area contributed by atoms with Gasteiger partial charge in [0, 0.05) is 25.2 Å². The van der Waals surface area contributed by atoms with E-state index in [2.05, 4.69) is 24.0 Å². The smallest absolute Gasteiger partial charge is 0.270 e. The molecule has 3 aliphatic rings. The Balaban J connectivity index is 1.62. The summed E-state index contributed by atoms with van der Waals surface area (Å²) in [5.74, 6) is 1.79. The fourth-order valence-electron chi connectivity index (χ4n) is 5.18. The number of ether oxygens (including phenoxy) is 2. The number of hydrogen-bond acceptors (Lipinski definition) is 3. The molecule has 0 N–H and O–H groups in total. The van der Waals surface area contributed by atoms with Crippen LogP contribution in [0.25, 0.3) is 0 Å². The molecule has 1 aromatic heterocycles. The summed E-state index contributed by atoms with van der Waals surface area (Å²) in [4.78, 5) is 15.4. The molecule has 27 heavy (non-hydrogen) atoms. The number of carbonyl (C=O) groups is 1. The van der Waals surface area contributed by atoms with Gasteiger partial charge in [-0.15, -0.1) is 0 Å². The van der Waals surface area contributed by atoms with E-state index in [0.29, 0.717) is 13.2 Å². The van der Waals surface area contributed by atoms with E-state index in [1.165, 1.54) is 24.0 Å². The van der Waals surface area contributed by atoms with Crippen molar-refractivity contribution in [1.29, 1.82) is 0 Å². The molecule has 1 aromatic carbocycles. The van der Waals surface area contributed by atoms with Gasteiger partial charge in [0.05, 0.1) is 6.04 Å². The summed E-state index contributed by atoms with van der Waals surface area (Å²) in [6, 6.07) is 8.19. The molecule has 142 valence electrons. The fourth-order valence-corrected chi connectivity index (χ4v) is 5.18. The van der Waals surface area contributed by atoms with E-state index in [0.717, 1.165) is 36.6 Å². The van der Waals surface area contributed by atoms with Gasteiger partial charge in [-0.1, -0.05) is 12.8 Å². The SMILES string of the molecule is CC1c2cc3c(cc2C2(CCCC2)CN1C(=O)c1cccn1C)OCCO3. The van der Waals surface area contributed by atoms with Gasteiger partial charge in [0.2, 0.25) is 0 Å². The molecule has 1 saturated carbocycles. The Morgan fingerprint density at radius 2 is 1.85 bits per heavy atom. The van der Waals surface area contributed by atoms with E-state index >= 15 is 0 Å². The molecule has 2 aliphatic heterocycles. The van der Waals surface area contributed by atoms with Crippen molar-refractivity contribution in [2.75, 3.05) is 19.8 Å². The molecule has 1 aliphatic carbocycles. The van der Waals surface area contributed by atoms with Crippen LogP contribution in [0.5, 0.6) is 11.5 Å². The van der Waals surface area contributed by atoms with E-state index in [1.807, 2.05) is 29.9 Å². The van der Waals surface area contributed by atoms with Crippen molar-refractivity contribution in [2.45, 2.75) is 44.1 Å². The third kappa shape index (κ3) is 2.47. The Hall–Kier alpha value is -2.43. The molecule has 1 amide bonds. The minimum Gasteiger partial charge on any atom is -0.486 e. The topological polar surface area (TPSA) is 43.7 Å². The number of rotatable bonds is 1. The average Bonchev–Trinajstić information content (AvgIpc) is 3.33. The summed E-state index contributed by atoms with van der Waals surface area (Å²) < 4.78 is 13.6. The number of fused-ring (bicyclic) bond motifs is 3. The molecule has 1 atom stereocenters. The van der Waals surface area contributed by atoms with E-state index < -0.39 is 0 Å². The number of amides is 1. The van der Waals surface area contributed by atoms with Crippen molar-refractivity contribution >= 4 is 5.91 Å². The van der Waals surface area contributed by atoms with Crippen LogP contribution in [0.3, 0.4) is 0 Å². The van der Waals surface area contributed by atoms with E-state index in [9.17, 15) is 4.79 Å². The number of benzene rings is 1. The van der Waals surface area contributed by atoms with E-state index in [1.54, 1.807) is 0 Å². The van der Waals surface area contributed by atoms with Crippen LogP contribution in [0.15, 0.2) is 30.5 Å². The number of aryl methyl sites for hydroxylation is 1. The van der Waals surface area contributed by atoms with Gasteiger partial charge in [-0.25, -0.2) is 0 Å². The van der Waals surface area contributed by atoms with Crippen molar-refractivity contribution in [3.8, 4) is 11.5 Å². The molecule has 1 unspecified atom stereocenters. The lowest BCUT2D eigenvalue weighted by Gasteiger charge is -2.46. The van der Waals surface area contributed by atoms with Gasteiger partial charge in [0.1, 0.15) is 18.9 Å². The lowest BCUT2D eigenvalue weighted by Crippen LogP contribution is -2.49. The predicted octanol–water partition coefficient (Wildman–Crippen LogP) is 3.83. The second-order valence-corrected chi connectivity index (χ2v) is 8.18. The summed E-state index contributed by atoms with van der Waals surface area (Å²) in [5, 5.41) is 0. The second-order valence-electron chi connectivity index (χ2n) is 8.18. The highest BCUT2D eigenvalue weighted by Crippen LogP contribution is 2.52. The van der Waals surface area contributed by atoms with Crippen LogP contribution in [-0.4, -0.2) is 35.1 Å². The third-order valence-electron chi connectivity index (χ3n) is 6.66. The Morgan fingerprint density at radius 1 is 1.15 bits per heavy atom. The molecule has 1 fully saturated rings. The largest absolute Gasteiger partial charge is 0.486 e. The predicted molar refractivity (Wildman–Crippen MR) is 102 cm³/mol. The molecule has 3 heterocycles.